The van der Waals surface area contributed by atoms with Crippen molar-refractivity contribution in [3.05, 3.63) is 354 Å². The average Bonchev–Trinajstić information content (AvgIpc) is 0.697. The van der Waals surface area contributed by atoms with Crippen molar-refractivity contribution in [2.45, 2.75) is 132 Å². The molecule has 0 nitrogen and oxygen atoms in total. The Morgan fingerprint density at radius 2 is 0.288 bits per heavy atom. The van der Waals surface area contributed by atoms with Gasteiger partial charge in [0.2, 0.25) is 0 Å². The van der Waals surface area contributed by atoms with Gasteiger partial charge in [0, 0.05) is 0 Å². The Morgan fingerprint density at radius 1 is 0.126 bits per heavy atom. The lowest BCUT2D eigenvalue weighted by Crippen LogP contribution is -1.98. The first kappa shape index (κ1) is 71.9. The van der Waals surface area contributed by atoms with E-state index in [0.717, 1.165) is 0 Å². The molecule has 0 aromatic heterocycles. The Hall–Kier alpha value is -12.0. The van der Waals surface area contributed by atoms with Crippen LogP contribution in [0, 0.1) is 132 Å². The van der Waals surface area contributed by atoms with Gasteiger partial charge >= 0.3 is 0 Å². The molecule has 0 saturated carbocycles. The van der Waals surface area contributed by atoms with Crippen LogP contribution in [-0.2, 0) is 0 Å². The molecule has 17 rings (SSSR count). The summed E-state index contributed by atoms with van der Waals surface area (Å²) in [5, 5.41) is 9.77. The van der Waals surface area contributed by atoms with Gasteiger partial charge in [0.25, 0.3) is 0 Å². The Morgan fingerprint density at radius 3 is 0.468 bits per heavy atom. The molecule has 0 radical (unpaired) electrons. The number of benzene rings is 17. The molecule has 0 aliphatic carbocycles. The van der Waals surface area contributed by atoms with Crippen LogP contribution in [0.1, 0.15) is 106 Å². The largest absolute Gasteiger partial charge is 0.0614 e. The van der Waals surface area contributed by atoms with Crippen LogP contribution >= 0.6 is 0 Å². The second-order valence-electron chi connectivity index (χ2n) is 33.7. The molecule has 0 fully saturated rings. The molecule has 0 bridgehead atoms. The van der Waals surface area contributed by atoms with Crippen LogP contribution in [0.4, 0.5) is 0 Å². The van der Waals surface area contributed by atoms with E-state index in [-0.39, 0.29) is 0 Å². The first-order valence-corrected chi connectivity index (χ1v) is 39.7. The third-order valence-electron chi connectivity index (χ3n) is 23.0. The van der Waals surface area contributed by atoms with E-state index in [2.05, 4.69) is 380 Å². The predicted octanol–water partition coefficient (Wildman–Crippen LogP) is 31.6. The van der Waals surface area contributed by atoms with Crippen molar-refractivity contribution in [2.24, 2.45) is 0 Å². The molecule has 0 unspecified atom stereocenters. The molecule has 0 aliphatic rings. The minimum atomic E-state index is 1.18. The predicted molar refractivity (Wildman–Crippen MR) is 483 cm³/mol. The van der Waals surface area contributed by atoms with Crippen molar-refractivity contribution >= 4 is 43.1 Å². The zero-order valence-electron chi connectivity index (χ0n) is 68.2. The standard InChI is InChI=1S/C111H98/c1-61-21-20-22-80(30-61)94-45-76(16)46-95(81-31-62(2)23-63(3)32-81)106(94)90-53-88-54-91(107-96(82-33-64(4)24-65(5)34-82)47-77(17)48-97(107)83-35-66(6)25-67(7)36-83)59-104-105-60-93(109-100(86-41-72(12)28-73(13)42-86)51-79(19)52-101(109)87-43-74(14)29-75(15)44-87)56-89-55-92(58-103(111(89)105)102(57-90)110(88)104)108-98(84-37-68(8)26-69(9)38-84)49-78(18)50-99(108)85-39-70(10)27-71(11)40-85/h20-60H,1-19H3. The minimum Gasteiger partial charge on any atom is -0.0614 e. The molecular weight excluding hydrogens is 1330 g/mol. The summed E-state index contributed by atoms with van der Waals surface area (Å²) < 4.78 is 0. The molecule has 17 aromatic rings. The fraction of sp³-hybridized carbons (Fsp3) is 0.171. The topological polar surface area (TPSA) is 0 Å². The van der Waals surface area contributed by atoms with E-state index in [0.29, 0.717) is 0 Å². The molecule has 0 aliphatic heterocycles. The van der Waals surface area contributed by atoms with Crippen molar-refractivity contribution < 1.29 is 0 Å². The van der Waals surface area contributed by atoms with Gasteiger partial charge in [-0.25, -0.2) is 0 Å². The van der Waals surface area contributed by atoms with E-state index >= 15 is 0 Å². The number of fused-ring (bicyclic) bond motifs is 2. The van der Waals surface area contributed by atoms with Crippen LogP contribution in [0.25, 0.3) is 177 Å². The van der Waals surface area contributed by atoms with Gasteiger partial charge in [0.15, 0.2) is 0 Å². The van der Waals surface area contributed by atoms with Crippen LogP contribution in [0.2, 0.25) is 0 Å². The van der Waals surface area contributed by atoms with Crippen LogP contribution in [0.15, 0.2) is 249 Å². The summed E-state index contributed by atoms with van der Waals surface area (Å²) in [5.41, 5.74) is 52.7. The lowest BCUT2D eigenvalue weighted by Gasteiger charge is -2.25. The molecule has 542 valence electrons. The Bertz CT molecular complexity index is 6230. The zero-order chi connectivity index (χ0) is 77.4. The second-order valence-corrected chi connectivity index (χ2v) is 33.7. The Labute approximate surface area is 658 Å². The summed E-state index contributed by atoms with van der Waals surface area (Å²) in [6, 6.07) is 99.6. The van der Waals surface area contributed by atoms with Gasteiger partial charge in [-0.05, 0) is 379 Å². The maximum absolute atomic E-state index is 2.62. The highest BCUT2D eigenvalue weighted by atomic mass is 14.3. The van der Waals surface area contributed by atoms with Crippen molar-refractivity contribution in [3.8, 4) is 134 Å². The van der Waals surface area contributed by atoms with E-state index in [4.69, 9.17) is 0 Å². The zero-order valence-corrected chi connectivity index (χ0v) is 68.2. The van der Waals surface area contributed by atoms with Crippen molar-refractivity contribution in [3.63, 3.8) is 0 Å². The molecule has 0 amide bonds. The van der Waals surface area contributed by atoms with Crippen molar-refractivity contribution in [1.82, 2.24) is 0 Å². The maximum atomic E-state index is 2.62. The van der Waals surface area contributed by atoms with Gasteiger partial charge < -0.3 is 0 Å². The van der Waals surface area contributed by atoms with Crippen molar-refractivity contribution in [1.29, 1.82) is 0 Å². The summed E-state index contributed by atoms with van der Waals surface area (Å²) in [4.78, 5) is 0. The van der Waals surface area contributed by atoms with Gasteiger partial charge in [0.1, 0.15) is 0 Å². The molecule has 0 atom stereocenters. The highest BCUT2D eigenvalue weighted by molar-refractivity contribution is 6.36. The SMILES string of the molecule is Cc1cccc(-c2cc(C)cc(-c3cc(C)cc(C)c3)c2-c2cc3cc(-c4c(-c5cc(C)cc(C)c5)cc(C)cc4-c4cc(C)cc(C)c4)cc4c5cc(-c6c(-c7cc(C)cc(C)c7)cc(C)cc6-c6cc(C)cc(C)c6)cc6cc(-c7c(-c8cc(C)cc(C)c8)cc(C)cc7-c7cc(C)cc(C)c7)cc(c(c2)c34)c65)c1. The third-order valence-corrected chi connectivity index (χ3v) is 23.0. The molecule has 0 spiro atoms. The van der Waals surface area contributed by atoms with Gasteiger partial charge in [-0.2, -0.15) is 0 Å². The lowest BCUT2D eigenvalue weighted by atomic mass is 9.78. The van der Waals surface area contributed by atoms with E-state index < -0.39 is 0 Å². The van der Waals surface area contributed by atoms with Crippen LogP contribution in [-0.4, -0.2) is 0 Å². The van der Waals surface area contributed by atoms with Gasteiger partial charge in [0.05, 0.1) is 0 Å². The van der Waals surface area contributed by atoms with E-state index in [1.54, 1.807) is 0 Å². The van der Waals surface area contributed by atoms with Gasteiger partial charge in [-0.15, -0.1) is 0 Å². The van der Waals surface area contributed by atoms with E-state index in [1.807, 2.05) is 0 Å². The molecule has 17 aromatic carbocycles. The smallest absolute Gasteiger partial charge is 0.00255 e. The number of aryl methyl sites for hydroxylation is 19. The number of hydrogen-bond acceptors (Lipinski definition) is 0. The Balaban J connectivity index is 1.13. The maximum Gasteiger partial charge on any atom is -0.00255 e. The minimum absolute atomic E-state index is 1.18. The van der Waals surface area contributed by atoms with Gasteiger partial charge in [-0.3, -0.25) is 0 Å². The fourth-order valence-corrected chi connectivity index (χ4v) is 19.4. The molecule has 0 N–H and O–H groups in total. The Kier molecular flexibility index (Phi) is 18.1. The van der Waals surface area contributed by atoms with Crippen LogP contribution in [0.5, 0.6) is 0 Å². The molecule has 0 heteroatoms. The molecular formula is C111H98. The van der Waals surface area contributed by atoms with Crippen LogP contribution in [0.3, 0.4) is 0 Å². The highest BCUT2D eigenvalue weighted by Gasteiger charge is 2.28. The summed E-state index contributed by atoms with van der Waals surface area (Å²) in [6.07, 6.45) is 0. The fourth-order valence-electron chi connectivity index (χ4n) is 19.4. The summed E-state index contributed by atoms with van der Waals surface area (Å²) in [6.45, 7) is 42.9. The summed E-state index contributed by atoms with van der Waals surface area (Å²) in [7, 11) is 0. The lowest BCUT2D eigenvalue weighted by molar-refractivity contribution is 1.36. The monoisotopic (exact) mass is 1430 g/mol. The number of hydrogen-bond donors (Lipinski definition) is 0. The molecule has 0 heterocycles. The summed E-state index contributed by atoms with van der Waals surface area (Å²) >= 11 is 0. The summed E-state index contributed by atoms with van der Waals surface area (Å²) in [5.74, 6) is 0. The molecule has 0 saturated heterocycles. The highest BCUT2D eigenvalue weighted by Crippen LogP contribution is 2.55. The van der Waals surface area contributed by atoms with E-state index in [9.17, 15) is 0 Å². The average molecular weight is 1430 g/mol. The molecule has 111 heavy (non-hydrogen) atoms. The normalized spacial score (nSPS) is 11.7. The first-order chi connectivity index (χ1) is 53.1. The third kappa shape index (κ3) is 13.6. The van der Waals surface area contributed by atoms with Gasteiger partial charge in [-0.1, -0.05) is 284 Å². The van der Waals surface area contributed by atoms with E-state index in [1.165, 1.54) is 282 Å². The number of rotatable bonds is 12. The quantitative estimate of drug-likeness (QED) is 0.0845. The second kappa shape index (κ2) is 27.9. The van der Waals surface area contributed by atoms with Crippen molar-refractivity contribution in [2.75, 3.05) is 0 Å². The first-order valence-electron chi connectivity index (χ1n) is 39.7. The van der Waals surface area contributed by atoms with Crippen LogP contribution < -0.4 is 0 Å².